The lowest BCUT2D eigenvalue weighted by atomic mass is 9.84. The fourth-order valence-corrected chi connectivity index (χ4v) is 3.26. The van der Waals surface area contributed by atoms with Crippen molar-refractivity contribution in [2.45, 2.75) is 18.9 Å². The molecule has 96 valence electrons. The van der Waals surface area contributed by atoms with Gasteiger partial charge in [-0.3, -0.25) is 0 Å². The number of benzene rings is 1. The van der Waals surface area contributed by atoms with Crippen LogP contribution in [0.25, 0.3) is 0 Å². The standard InChI is InChI=1S/C15H20NO2/c1-16-9-7-12(8-10-16)14(11-16)18-15(17)13-5-3-2-4-6-13/h2-6,12,14H,7-11H2,1H3/q+1/t12?,14-,16?/m1/s1. The highest BCUT2D eigenvalue weighted by Crippen LogP contribution is 2.34. The van der Waals surface area contributed by atoms with E-state index < -0.39 is 0 Å². The summed E-state index contributed by atoms with van der Waals surface area (Å²) < 4.78 is 6.79. The van der Waals surface area contributed by atoms with Crippen LogP contribution in [0.15, 0.2) is 30.3 Å². The van der Waals surface area contributed by atoms with Gasteiger partial charge in [0.2, 0.25) is 0 Å². The van der Waals surface area contributed by atoms with Crippen molar-refractivity contribution in [3.05, 3.63) is 35.9 Å². The first-order chi connectivity index (χ1) is 8.66. The van der Waals surface area contributed by atoms with Gasteiger partial charge in [0.15, 0.2) is 6.10 Å². The molecule has 0 aliphatic carbocycles. The molecule has 1 aromatic rings. The van der Waals surface area contributed by atoms with Gasteiger partial charge in [0.25, 0.3) is 0 Å². The minimum atomic E-state index is -0.166. The number of ether oxygens (including phenoxy) is 1. The van der Waals surface area contributed by atoms with E-state index >= 15 is 0 Å². The van der Waals surface area contributed by atoms with Gasteiger partial charge in [-0.2, -0.15) is 0 Å². The molecule has 0 unspecified atom stereocenters. The van der Waals surface area contributed by atoms with Gasteiger partial charge in [0.1, 0.15) is 6.54 Å². The number of carbonyl (C=O) groups excluding carboxylic acids is 1. The molecule has 0 saturated carbocycles. The summed E-state index contributed by atoms with van der Waals surface area (Å²) in [5, 5.41) is 0. The average Bonchev–Trinajstić information content (AvgIpc) is 2.40. The highest BCUT2D eigenvalue weighted by molar-refractivity contribution is 5.89. The van der Waals surface area contributed by atoms with Crippen LogP contribution in [0.4, 0.5) is 0 Å². The topological polar surface area (TPSA) is 26.3 Å². The molecule has 2 bridgehead atoms. The third kappa shape index (κ3) is 2.15. The second-order valence-electron chi connectivity index (χ2n) is 5.90. The number of carbonyl (C=O) groups is 1. The zero-order chi connectivity index (χ0) is 12.6. The Bertz CT molecular complexity index is 435. The normalized spacial score (nSPS) is 34.3. The number of piperidine rings is 3. The third-order valence-electron chi connectivity index (χ3n) is 4.49. The van der Waals surface area contributed by atoms with E-state index in [-0.39, 0.29) is 12.1 Å². The number of esters is 1. The maximum absolute atomic E-state index is 12.1. The van der Waals surface area contributed by atoms with Crippen LogP contribution in [0, 0.1) is 5.92 Å². The lowest BCUT2D eigenvalue weighted by Crippen LogP contribution is -2.62. The molecule has 4 rings (SSSR count). The van der Waals surface area contributed by atoms with Gasteiger partial charge in [-0.25, -0.2) is 4.79 Å². The van der Waals surface area contributed by atoms with Crippen LogP contribution < -0.4 is 0 Å². The third-order valence-corrected chi connectivity index (χ3v) is 4.49. The summed E-state index contributed by atoms with van der Waals surface area (Å²) in [5.74, 6) is 0.415. The van der Waals surface area contributed by atoms with Gasteiger partial charge in [0.05, 0.1) is 25.7 Å². The molecule has 3 nitrogen and oxygen atoms in total. The van der Waals surface area contributed by atoms with E-state index in [9.17, 15) is 4.79 Å². The van der Waals surface area contributed by atoms with Crippen molar-refractivity contribution in [3.8, 4) is 0 Å². The fourth-order valence-electron chi connectivity index (χ4n) is 3.26. The quantitative estimate of drug-likeness (QED) is 0.590. The van der Waals surface area contributed by atoms with Crippen molar-refractivity contribution in [2.24, 2.45) is 5.92 Å². The molecule has 3 heteroatoms. The highest BCUT2D eigenvalue weighted by Gasteiger charge is 2.45. The molecule has 1 atom stereocenters. The number of likely N-dealkylation sites (N-methyl/N-ethyl adjacent to an activating group) is 1. The zero-order valence-corrected chi connectivity index (χ0v) is 10.8. The Balaban J connectivity index is 1.69. The number of hydrogen-bond acceptors (Lipinski definition) is 2. The van der Waals surface area contributed by atoms with Gasteiger partial charge in [0, 0.05) is 18.8 Å². The van der Waals surface area contributed by atoms with Crippen molar-refractivity contribution in [1.82, 2.24) is 0 Å². The van der Waals surface area contributed by atoms with Gasteiger partial charge < -0.3 is 9.22 Å². The van der Waals surface area contributed by atoms with Crippen molar-refractivity contribution >= 4 is 5.97 Å². The molecule has 3 heterocycles. The number of nitrogens with zero attached hydrogens (tertiary/aromatic N) is 1. The summed E-state index contributed by atoms with van der Waals surface area (Å²) in [6.07, 6.45) is 2.51. The predicted octanol–water partition coefficient (Wildman–Crippen LogP) is 2.08. The Morgan fingerprint density at radius 3 is 2.50 bits per heavy atom. The van der Waals surface area contributed by atoms with Crippen LogP contribution in [0.3, 0.4) is 0 Å². The van der Waals surface area contributed by atoms with E-state index in [4.69, 9.17) is 4.74 Å². The van der Waals surface area contributed by atoms with Crippen molar-refractivity contribution < 1.29 is 14.0 Å². The summed E-state index contributed by atoms with van der Waals surface area (Å²) >= 11 is 0. The number of rotatable bonds is 2. The van der Waals surface area contributed by atoms with Crippen LogP contribution in [0.1, 0.15) is 23.2 Å². The number of fused-ring (bicyclic) bond motifs is 3. The SMILES string of the molecule is C[N+]12CCC(CC1)[C@H](OC(=O)c1ccccc1)C2. The molecule has 0 amide bonds. The van der Waals surface area contributed by atoms with Gasteiger partial charge >= 0.3 is 5.97 Å². The predicted molar refractivity (Wildman–Crippen MR) is 69.2 cm³/mol. The molecule has 0 spiro atoms. The van der Waals surface area contributed by atoms with Gasteiger partial charge in [-0.05, 0) is 12.1 Å². The second kappa shape index (κ2) is 4.39. The van der Waals surface area contributed by atoms with Gasteiger partial charge in [-0.15, -0.1) is 0 Å². The number of hydrogen-bond donors (Lipinski definition) is 0. The molecular weight excluding hydrogens is 226 g/mol. The Kier molecular flexibility index (Phi) is 2.86. The second-order valence-corrected chi connectivity index (χ2v) is 5.90. The first kappa shape index (κ1) is 11.7. The largest absolute Gasteiger partial charge is 0.452 e. The van der Waals surface area contributed by atoms with Crippen molar-refractivity contribution in [2.75, 3.05) is 26.7 Å². The van der Waals surface area contributed by atoms with E-state index in [2.05, 4.69) is 7.05 Å². The fraction of sp³-hybridized carbons (Fsp3) is 0.533. The first-order valence-corrected chi connectivity index (χ1v) is 6.76. The molecule has 3 aliphatic heterocycles. The van der Waals surface area contributed by atoms with E-state index in [1.54, 1.807) is 0 Å². The lowest BCUT2D eigenvalue weighted by molar-refractivity contribution is -0.928. The maximum Gasteiger partial charge on any atom is 0.338 e. The molecule has 3 saturated heterocycles. The summed E-state index contributed by atoms with van der Waals surface area (Å²) in [4.78, 5) is 12.1. The molecule has 3 fully saturated rings. The Morgan fingerprint density at radius 2 is 1.89 bits per heavy atom. The minimum Gasteiger partial charge on any atom is -0.452 e. The smallest absolute Gasteiger partial charge is 0.338 e. The molecule has 3 aliphatic rings. The van der Waals surface area contributed by atoms with Crippen molar-refractivity contribution in [3.63, 3.8) is 0 Å². The molecule has 1 aromatic carbocycles. The van der Waals surface area contributed by atoms with Crippen LogP contribution in [0.2, 0.25) is 0 Å². The Morgan fingerprint density at radius 1 is 1.22 bits per heavy atom. The summed E-state index contributed by atoms with van der Waals surface area (Å²) in [5.41, 5.74) is 0.664. The van der Waals surface area contributed by atoms with E-state index in [1.165, 1.54) is 25.9 Å². The molecule has 0 aromatic heterocycles. The zero-order valence-electron chi connectivity index (χ0n) is 10.8. The molecule has 0 radical (unpaired) electrons. The van der Waals surface area contributed by atoms with Crippen molar-refractivity contribution in [1.29, 1.82) is 0 Å². The maximum atomic E-state index is 12.1. The van der Waals surface area contributed by atoms with Crippen LogP contribution in [0.5, 0.6) is 0 Å². The summed E-state index contributed by atoms with van der Waals surface area (Å²) in [6, 6.07) is 9.30. The van der Waals surface area contributed by atoms with E-state index in [0.29, 0.717) is 11.5 Å². The van der Waals surface area contributed by atoms with Crippen LogP contribution in [-0.4, -0.2) is 43.2 Å². The summed E-state index contributed by atoms with van der Waals surface area (Å²) in [6.45, 7) is 3.47. The van der Waals surface area contributed by atoms with E-state index in [1.807, 2.05) is 30.3 Å². The van der Waals surface area contributed by atoms with Crippen LogP contribution >= 0.6 is 0 Å². The molecule has 0 N–H and O–H groups in total. The number of quaternary nitrogens is 1. The molecule has 18 heavy (non-hydrogen) atoms. The minimum absolute atomic E-state index is 0.116. The monoisotopic (exact) mass is 246 g/mol. The van der Waals surface area contributed by atoms with Gasteiger partial charge in [-0.1, -0.05) is 18.2 Å². The van der Waals surface area contributed by atoms with E-state index in [0.717, 1.165) is 11.0 Å². The molecular formula is C15H20NO2+. The Hall–Kier alpha value is -1.35. The van der Waals surface area contributed by atoms with Crippen LogP contribution in [-0.2, 0) is 4.74 Å². The first-order valence-electron chi connectivity index (χ1n) is 6.76. The Labute approximate surface area is 108 Å². The average molecular weight is 246 g/mol. The lowest BCUT2D eigenvalue weighted by Gasteiger charge is -2.49. The summed E-state index contributed by atoms with van der Waals surface area (Å²) in [7, 11) is 2.28. The highest BCUT2D eigenvalue weighted by atomic mass is 16.5.